The van der Waals surface area contributed by atoms with Crippen LogP contribution < -0.4 is 16.0 Å². The number of nitro groups is 1. The van der Waals surface area contributed by atoms with E-state index < -0.39 is 40.5 Å². The zero-order valence-electron chi connectivity index (χ0n) is 17.3. The first-order chi connectivity index (χ1) is 15.5. The number of halogens is 3. The van der Waals surface area contributed by atoms with Gasteiger partial charge in [0, 0.05) is 49.9 Å². The summed E-state index contributed by atoms with van der Waals surface area (Å²) in [4.78, 5) is 34.6. The van der Waals surface area contributed by atoms with Crippen molar-refractivity contribution < 1.29 is 36.9 Å². The number of carbonyl (C=O) groups excluding carboxylic acids is 2. The van der Waals surface area contributed by atoms with E-state index in [0.717, 1.165) is 12.1 Å². The van der Waals surface area contributed by atoms with Gasteiger partial charge in [-0.25, -0.2) is 4.79 Å². The van der Waals surface area contributed by atoms with Crippen molar-refractivity contribution in [1.82, 2.24) is 10.5 Å². The van der Waals surface area contributed by atoms with Crippen LogP contribution in [0.1, 0.15) is 40.8 Å². The number of rotatable bonds is 6. The maximum Gasteiger partial charge on any atom is 0.418 e. The van der Waals surface area contributed by atoms with Gasteiger partial charge in [0.05, 0.1) is 10.5 Å². The van der Waals surface area contributed by atoms with Gasteiger partial charge in [0.25, 0.3) is 11.6 Å². The number of non-ortho nitro benzene ring substituents is 1. The standard InChI is InChI=1S/C19H20F3N5O6/c1-24-17(28)13-9-15(33-25-13)16(32-18(23)29)10-4-6-26(7-5-10)14-3-2-11(27(30)31)8-12(14)19(20,21)22/h2-3,8-10,16H,4-7H2,1H3,(H2,23,29)(H,24,28). The number of carbonyl (C=O) groups is 2. The van der Waals surface area contributed by atoms with E-state index in [2.05, 4.69) is 10.5 Å². The van der Waals surface area contributed by atoms with Gasteiger partial charge in [0.1, 0.15) is 0 Å². The maximum absolute atomic E-state index is 13.5. The molecular formula is C19H20F3N5O6. The van der Waals surface area contributed by atoms with Gasteiger partial charge in [-0.1, -0.05) is 5.16 Å². The van der Waals surface area contributed by atoms with E-state index in [9.17, 15) is 32.9 Å². The first kappa shape index (κ1) is 23.8. The Bertz CT molecular complexity index is 1050. The lowest BCUT2D eigenvalue weighted by molar-refractivity contribution is -0.385. The van der Waals surface area contributed by atoms with Crippen LogP contribution in [0.25, 0.3) is 0 Å². The molecule has 0 spiro atoms. The summed E-state index contributed by atoms with van der Waals surface area (Å²) in [6.45, 7) is 0.279. The molecule has 178 valence electrons. The van der Waals surface area contributed by atoms with Crippen molar-refractivity contribution in [2.24, 2.45) is 11.7 Å². The molecule has 0 aliphatic carbocycles. The normalized spacial score (nSPS) is 15.7. The average molecular weight is 471 g/mol. The molecule has 1 saturated heterocycles. The SMILES string of the molecule is CNC(=O)c1cc(C(OC(N)=O)C2CCN(c3ccc([N+](=O)[O-])cc3C(F)(F)F)CC2)on1. The summed E-state index contributed by atoms with van der Waals surface area (Å²) in [7, 11) is 1.40. The van der Waals surface area contributed by atoms with Crippen LogP contribution in [-0.2, 0) is 10.9 Å². The molecule has 0 radical (unpaired) electrons. The molecule has 2 amide bonds. The summed E-state index contributed by atoms with van der Waals surface area (Å²) in [6.07, 6.45) is -6.30. The highest BCUT2D eigenvalue weighted by Crippen LogP contribution is 2.41. The minimum atomic E-state index is -4.79. The van der Waals surface area contributed by atoms with Gasteiger partial charge in [-0.3, -0.25) is 14.9 Å². The number of nitrogens with zero attached hydrogens (tertiary/aromatic N) is 3. The van der Waals surface area contributed by atoms with E-state index in [-0.39, 0.29) is 49.0 Å². The van der Waals surface area contributed by atoms with Gasteiger partial charge in [0.2, 0.25) is 0 Å². The molecule has 0 saturated carbocycles. The number of nitrogens with one attached hydrogen (secondary N) is 1. The monoisotopic (exact) mass is 471 g/mol. The minimum absolute atomic E-state index is 0.0382. The lowest BCUT2D eigenvalue weighted by atomic mass is 9.89. The number of hydrogen-bond acceptors (Lipinski definition) is 8. The molecule has 11 nitrogen and oxygen atoms in total. The number of primary amides is 1. The number of nitro benzene ring substituents is 1. The van der Waals surface area contributed by atoms with Crippen LogP contribution >= 0.6 is 0 Å². The fraction of sp³-hybridized carbons (Fsp3) is 0.421. The number of alkyl halides is 3. The predicted molar refractivity (Wildman–Crippen MR) is 106 cm³/mol. The van der Waals surface area contributed by atoms with Crippen LogP contribution in [-0.4, -0.2) is 42.2 Å². The molecule has 14 heteroatoms. The van der Waals surface area contributed by atoms with E-state index in [0.29, 0.717) is 6.07 Å². The molecule has 1 aliphatic heterocycles. The zero-order valence-corrected chi connectivity index (χ0v) is 17.3. The van der Waals surface area contributed by atoms with Crippen LogP contribution in [0.4, 0.5) is 29.3 Å². The third kappa shape index (κ3) is 5.32. The molecule has 2 aromatic rings. The molecule has 33 heavy (non-hydrogen) atoms. The second-order valence-electron chi connectivity index (χ2n) is 7.33. The van der Waals surface area contributed by atoms with Crippen molar-refractivity contribution in [2.45, 2.75) is 25.1 Å². The third-order valence-electron chi connectivity index (χ3n) is 5.32. The molecule has 1 atom stereocenters. The summed E-state index contributed by atoms with van der Waals surface area (Å²) < 4.78 is 50.9. The number of ether oxygens (including phenoxy) is 1. The molecule has 2 heterocycles. The highest BCUT2D eigenvalue weighted by molar-refractivity contribution is 5.91. The number of aromatic nitrogens is 1. The second kappa shape index (κ2) is 9.34. The largest absolute Gasteiger partial charge is 0.438 e. The predicted octanol–water partition coefficient (Wildman–Crippen LogP) is 3.01. The Morgan fingerprint density at radius 3 is 2.55 bits per heavy atom. The van der Waals surface area contributed by atoms with Gasteiger partial charge in [-0.15, -0.1) is 0 Å². The van der Waals surface area contributed by atoms with Crippen LogP contribution in [0.3, 0.4) is 0 Å². The van der Waals surface area contributed by atoms with Gasteiger partial charge in [-0.05, 0) is 18.9 Å². The Labute approximate surface area is 184 Å². The number of piperidine rings is 1. The third-order valence-corrected chi connectivity index (χ3v) is 5.32. The average Bonchev–Trinajstić information content (AvgIpc) is 3.26. The minimum Gasteiger partial charge on any atom is -0.438 e. The summed E-state index contributed by atoms with van der Waals surface area (Å²) >= 11 is 0. The van der Waals surface area contributed by atoms with Gasteiger partial charge in [-0.2, -0.15) is 13.2 Å². The summed E-state index contributed by atoms with van der Waals surface area (Å²) in [5.74, 6) is -0.820. The summed E-state index contributed by atoms with van der Waals surface area (Å²) in [6, 6.07) is 3.90. The van der Waals surface area contributed by atoms with Crippen molar-refractivity contribution >= 4 is 23.4 Å². The molecule has 1 aliphatic rings. The lowest BCUT2D eigenvalue weighted by Gasteiger charge is -2.36. The molecule has 1 unspecified atom stereocenters. The van der Waals surface area contributed by atoms with E-state index in [1.54, 1.807) is 0 Å². The Kier molecular flexibility index (Phi) is 6.74. The Morgan fingerprint density at radius 1 is 1.33 bits per heavy atom. The summed E-state index contributed by atoms with van der Waals surface area (Å²) in [5.41, 5.74) is 3.18. The fourth-order valence-corrected chi connectivity index (χ4v) is 3.75. The molecule has 3 rings (SSSR count). The van der Waals surface area contributed by atoms with E-state index >= 15 is 0 Å². The quantitative estimate of drug-likeness (QED) is 0.481. The number of amides is 2. The highest BCUT2D eigenvalue weighted by Gasteiger charge is 2.39. The fourth-order valence-electron chi connectivity index (χ4n) is 3.75. The van der Waals surface area contributed by atoms with Crippen molar-refractivity contribution in [3.8, 4) is 0 Å². The Hall–Kier alpha value is -3.84. The van der Waals surface area contributed by atoms with Crippen LogP contribution in [0.5, 0.6) is 0 Å². The topological polar surface area (TPSA) is 154 Å². The van der Waals surface area contributed by atoms with Gasteiger partial charge < -0.3 is 25.2 Å². The van der Waals surface area contributed by atoms with Crippen LogP contribution in [0, 0.1) is 16.0 Å². The Morgan fingerprint density at radius 2 is 2.00 bits per heavy atom. The molecular weight excluding hydrogens is 451 g/mol. The van der Waals surface area contributed by atoms with Crippen LogP contribution in [0.15, 0.2) is 28.8 Å². The maximum atomic E-state index is 13.5. The number of anilines is 1. The molecule has 3 N–H and O–H groups in total. The first-order valence-corrected chi connectivity index (χ1v) is 9.76. The molecule has 1 aromatic carbocycles. The smallest absolute Gasteiger partial charge is 0.418 e. The number of benzene rings is 1. The first-order valence-electron chi connectivity index (χ1n) is 9.76. The molecule has 1 aromatic heterocycles. The van der Waals surface area contributed by atoms with Gasteiger partial charge >= 0.3 is 12.3 Å². The van der Waals surface area contributed by atoms with Crippen LogP contribution in [0.2, 0.25) is 0 Å². The molecule has 0 bridgehead atoms. The van der Waals surface area contributed by atoms with Crippen molar-refractivity contribution in [3.05, 3.63) is 51.4 Å². The van der Waals surface area contributed by atoms with E-state index in [4.69, 9.17) is 15.0 Å². The zero-order chi connectivity index (χ0) is 24.3. The number of hydrogen-bond donors (Lipinski definition) is 2. The lowest BCUT2D eigenvalue weighted by Crippen LogP contribution is -2.38. The van der Waals surface area contributed by atoms with Gasteiger partial charge in [0.15, 0.2) is 17.6 Å². The number of nitrogens with two attached hydrogens (primary N) is 1. The Balaban J connectivity index is 1.81. The van der Waals surface area contributed by atoms with Crippen molar-refractivity contribution in [1.29, 1.82) is 0 Å². The van der Waals surface area contributed by atoms with E-state index in [1.807, 2.05) is 0 Å². The second-order valence-corrected chi connectivity index (χ2v) is 7.33. The van der Waals surface area contributed by atoms with Crippen molar-refractivity contribution in [2.75, 3.05) is 25.0 Å². The molecule has 1 fully saturated rings. The van der Waals surface area contributed by atoms with E-state index in [1.165, 1.54) is 18.0 Å². The highest BCUT2D eigenvalue weighted by atomic mass is 19.4. The van der Waals surface area contributed by atoms with Crippen molar-refractivity contribution in [3.63, 3.8) is 0 Å². The summed E-state index contributed by atoms with van der Waals surface area (Å²) in [5, 5.41) is 16.9.